The number of thioether (sulfide) groups is 1. The summed E-state index contributed by atoms with van der Waals surface area (Å²) in [4.78, 5) is 34.8. The molecule has 9 nitrogen and oxygen atoms in total. The van der Waals surface area contributed by atoms with Gasteiger partial charge in [-0.25, -0.2) is 18.5 Å². The minimum atomic E-state index is -3.90. The first kappa shape index (κ1) is 23.7. The molecular formula is C25H19N5O4S2. The number of fused-ring (bicyclic) bond motifs is 2. The molecule has 0 spiro atoms. The summed E-state index contributed by atoms with van der Waals surface area (Å²) in [6.07, 6.45) is 3.14. The van der Waals surface area contributed by atoms with Gasteiger partial charge in [-0.1, -0.05) is 36.0 Å². The number of anilines is 1. The first-order valence-electron chi connectivity index (χ1n) is 10.7. The third-order valence-electron chi connectivity index (χ3n) is 5.41. The van der Waals surface area contributed by atoms with Crippen LogP contribution in [0.2, 0.25) is 0 Å². The lowest BCUT2D eigenvalue weighted by atomic mass is 10.1. The van der Waals surface area contributed by atoms with Crippen LogP contribution in [0.15, 0.2) is 100 Å². The molecule has 0 atom stereocenters. The number of pyridine rings is 1. The van der Waals surface area contributed by atoms with Gasteiger partial charge in [0.15, 0.2) is 5.16 Å². The zero-order chi connectivity index (χ0) is 25.3. The molecule has 5 rings (SSSR count). The first-order chi connectivity index (χ1) is 17.3. The van der Waals surface area contributed by atoms with E-state index in [1.807, 2.05) is 30.3 Å². The van der Waals surface area contributed by atoms with E-state index in [9.17, 15) is 18.0 Å². The van der Waals surface area contributed by atoms with E-state index in [2.05, 4.69) is 10.3 Å². The Hall–Kier alpha value is -4.06. The molecule has 3 N–H and O–H groups in total. The molecule has 1 amide bonds. The highest BCUT2D eigenvalue weighted by Crippen LogP contribution is 2.25. The molecule has 0 aliphatic rings. The highest BCUT2D eigenvalue weighted by molar-refractivity contribution is 7.99. The fraction of sp³-hybridized carbons (Fsp3) is 0.0400. The van der Waals surface area contributed by atoms with Crippen molar-refractivity contribution in [2.75, 3.05) is 11.1 Å². The second kappa shape index (κ2) is 9.53. The average Bonchev–Trinajstić information content (AvgIpc) is 2.87. The van der Waals surface area contributed by atoms with E-state index < -0.39 is 10.0 Å². The van der Waals surface area contributed by atoms with Gasteiger partial charge >= 0.3 is 0 Å². The van der Waals surface area contributed by atoms with Crippen LogP contribution in [0.25, 0.3) is 27.4 Å². The predicted octanol–water partition coefficient (Wildman–Crippen LogP) is 3.31. The normalized spacial score (nSPS) is 11.6. The monoisotopic (exact) mass is 517 g/mol. The van der Waals surface area contributed by atoms with Crippen molar-refractivity contribution >= 4 is 55.1 Å². The molecule has 0 saturated heterocycles. The number of rotatable bonds is 6. The largest absolute Gasteiger partial charge is 0.324 e. The molecule has 3 aromatic carbocycles. The number of carbonyl (C=O) groups is 1. The van der Waals surface area contributed by atoms with E-state index >= 15 is 0 Å². The molecule has 0 unspecified atom stereocenters. The summed E-state index contributed by atoms with van der Waals surface area (Å²) in [7, 11) is -3.90. The number of nitrogens with one attached hydrogen (secondary N) is 1. The fourth-order valence-electron chi connectivity index (χ4n) is 3.73. The summed E-state index contributed by atoms with van der Waals surface area (Å²) < 4.78 is 24.7. The molecule has 11 heteroatoms. The van der Waals surface area contributed by atoms with Crippen LogP contribution in [0.5, 0.6) is 0 Å². The van der Waals surface area contributed by atoms with Crippen LogP contribution in [-0.2, 0) is 14.8 Å². The fourth-order valence-corrected chi connectivity index (χ4v) is 5.05. The quantitative estimate of drug-likeness (QED) is 0.200. The van der Waals surface area contributed by atoms with Crippen molar-refractivity contribution in [2.24, 2.45) is 5.14 Å². The third kappa shape index (κ3) is 4.85. The number of primary sulfonamides is 1. The van der Waals surface area contributed by atoms with Gasteiger partial charge in [0.1, 0.15) is 0 Å². The number of carbonyl (C=O) groups excluding carboxylic acids is 1. The lowest BCUT2D eigenvalue weighted by Gasteiger charge is -2.14. The topological polar surface area (TPSA) is 137 Å². The summed E-state index contributed by atoms with van der Waals surface area (Å²) in [6.45, 7) is 0. The zero-order valence-electron chi connectivity index (χ0n) is 18.7. The lowest BCUT2D eigenvalue weighted by molar-refractivity contribution is -0.113. The van der Waals surface area contributed by atoms with Gasteiger partial charge in [-0.2, -0.15) is 0 Å². The van der Waals surface area contributed by atoms with Gasteiger partial charge in [0.2, 0.25) is 15.9 Å². The molecule has 0 fully saturated rings. The molecule has 180 valence electrons. The molecule has 0 radical (unpaired) electrons. The van der Waals surface area contributed by atoms with Crippen molar-refractivity contribution in [1.29, 1.82) is 0 Å². The van der Waals surface area contributed by atoms with Crippen LogP contribution in [0.4, 0.5) is 5.69 Å². The minimum Gasteiger partial charge on any atom is -0.324 e. The van der Waals surface area contributed by atoms with Crippen molar-refractivity contribution in [3.05, 3.63) is 95.5 Å². The first-order valence-corrected chi connectivity index (χ1v) is 13.2. The second-order valence-corrected chi connectivity index (χ2v) is 10.4. The maximum absolute atomic E-state index is 13.7. The number of hydrogen-bond donors (Lipinski definition) is 2. The van der Waals surface area contributed by atoms with Crippen LogP contribution in [0.3, 0.4) is 0 Å². The second-order valence-electron chi connectivity index (χ2n) is 7.87. The van der Waals surface area contributed by atoms with Gasteiger partial charge in [0.05, 0.1) is 39.1 Å². The molecule has 0 aliphatic heterocycles. The highest BCUT2D eigenvalue weighted by atomic mass is 32.2. The Balaban J connectivity index is 1.59. The Bertz CT molecular complexity index is 1770. The van der Waals surface area contributed by atoms with Crippen molar-refractivity contribution in [1.82, 2.24) is 14.5 Å². The highest BCUT2D eigenvalue weighted by Gasteiger charge is 2.17. The van der Waals surface area contributed by atoms with Gasteiger partial charge < -0.3 is 5.32 Å². The van der Waals surface area contributed by atoms with E-state index in [1.54, 1.807) is 24.4 Å². The standard InChI is InChI=1S/C25H19N5O4S2/c26-36(33,34)20-9-7-19(8-10-20)30-24(32)21-12-16-4-1-2-5-17(16)13-22(21)29-25(30)35-15-23(31)28-18-6-3-11-27-14-18/h1-14H,15H2,(H,28,31)(H2,26,33,34). The average molecular weight is 518 g/mol. The lowest BCUT2D eigenvalue weighted by Crippen LogP contribution is -2.23. The molecule has 0 bridgehead atoms. The Labute approximate surface area is 210 Å². The molecular weight excluding hydrogens is 498 g/mol. The summed E-state index contributed by atoms with van der Waals surface area (Å²) in [5, 5.41) is 10.5. The van der Waals surface area contributed by atoms with Gasteiger partial charge in [-0.15, -0.1) is 0 Å². The number of aromatic nitrogens is 3. The van der Waals surface area contributed by atoms with Crippen molar-refractivity contribution in [3.8, 4) is 5.69 Å². The molecule has 0 saturated carbocycles. The van der Waals surface area contributed by atoms with Crippen LogP contribution in [0, 0.1) is 0 Å². The number of nitrogens with two attached hydrogens (primary N) is 1. The maximum atomic E-state index is 13.7. The van der Waals surface area contributed by atoms with Crippen LogP contribution >= 0.6 is 11.8 Å². The van der Waals surface area contributed by atoms with E-state index in [4.69, 9.17) is 10.1 Å². The van der Waals surface area contributed by atoms with Crippen LogP contribution < -0.4 is 16.0 Å². The minimum absolute atomic E-state index is 0.0182. The van der Waals surface area contributed by atoms with E-state index in [0.29, 0.717) is 22.3 Å². The summed E-state index contributed by atoms with van der Waals surface area (Å²) in [6, 6.07) is 20.3. The Morgan fingerprint density at radius 3 is 2.39 bits per heavy atom. The number of amides is 1. The summed E-state index contributed by atoms with van der Waals surface area (Å²) >= 11 is 1.09. The molecule has 2 heterocycles. The van der Waals surface area contributed by atoms with Crippen molar-refractivity contribution in [3.63, 3.8) is 0 Å². The SMILES string of the molecule is NS(=O)(=O)c1ccc(-n2c(SCC(=O)Nc3cccnc3)nc3cc4ccccc4cc3c2=O)cc1. The van der Waals surface area contributed by atoms with E-state index in [1.165, 1.54) is 35.0 Å². The number of nitrogens with zero attached hydrogens (tertiary/aromatic N) is 3. The van der Waals surface area contributed by atoms with Crippen LogP contribution in [0.1, 0.15) is 0 Å². The molecule has 2 aromatic heterocycles. The van der Waals surface area contributed by atoms with Crippen LogP contribution in [-0.4, -0.2) is 34.6 Å². The molecule has 0 aliphatic carbocycles. The Kier molecular flexibility index (Phi) is 6.27. The van der Waals surface area contributed by atoms with E-state index in [-0.39, 0.29) is 27.3 Å². The molecule has 5 aromatic rings. The van der Waals surface area contributed by atoms with Gasteiger partial charge in [-0.05, 0) is 59.3 Å². The van der Waals surface area contributed by atoms with Crippen molar-refractivity contribution in [2.45, 2.75) is 10.1 Å². The van der Waals surface area contributed by atoms with Gasteiger partial charge in [-0.3, -0.25) is 19.1 Å². The predicted molar refractivity (Wildman–Crippen MR) is 140 cm³/mol. The van der Waals surface area contributed by atoms with Gasteiger partial charge in [0, 0.05) is 6.20 Å². The van der Waals surface area contributed by atoms with Gasteiger partial charge in [0.25, 0.3) is 5.56 Å². The maximum Gasteiger partial charge on any atom is 0.266 e. The third-order valence-corrected chi connectivity index (χ3v) is 7.27. The number of hydrogen-bond acceptors (Lipinski definition) is 7. The summed E-state index contributed by atoms with van der Waals surface area (Å²) in [5.74, 6) is -0.313. The van der Waals surface area contributed by atoms with Crippen molar-refractivity contribution < 1.29 is 13.2 Å². The number of benzene rings is 3. The van der Waals surface area contributed by atoms with E-state index in [0.717, 1.165) is 22.5 Å². The smallest absolute Gasteiger partial charge is 0.266 e. The number of sulfonamides is 1. The summed E-state index contributed by atoms with van der Waals surface area (Å²) in [5.41, 5.74) is 1.10. The molecule has 36 heavy (non-hydrogen) atoms. The Morgan fingerprint density at radius 2 is 1.72 bits per heavy atom. The zero-order valence-corrected chi connectivity index (χ0v) is 20.3. The Morgan fingerprint density at radius 1 is 1.00 bits per heavy atom.